The lowest BCUT2D eigenvalue weighted by atomic mass is 9.90. The number of rotatable bonds is 4. The van der Waals surface area contributed by atoms with E-state index in [2.05, 4.69) is 0 Å². The fraction of sp³-hybridized carbons (Fsp3) is 0.292. The molecule has 148 valence electrons. The number of carbonyl (C=O) groups is 2. The highest BCUT2D eigenvalue weighted by molar-refractivity contribution is 6.06. The summed E-state index contributed by atoms with van der Waals surface area (Å²) in [6, 6.07) is 16.8. The molecule has 0 N–H and O–H groups in total. The van der Waals surface area contributed by atoms with Crippen LogP contribution in [0.25, 0.3) is 10.9 Å². The number of pyridine rings is 1. The predicted octanol–water partition coefficient (Wildman–Crippen LogP) is 4.10. The van der Waals surface area contributed by atoms with Gasteiger partial charge in [-0.1, -0.05) is 48.5 Å². The van der Waals surface area contributed by atoms with Crippen molar-refractivity contribution in [2.75, 3.05) is 14.1 Å². The number of benzene rings is 2. The van der Waals surface area contributed by atoms with Crippen LogP contribution in [0, 0.1) is 0 Å². The molecule has 0 radical (unpaired) electrons. The van der Waals surface area contributed by atoms with Gasteiger partial charge < -0.3 is 9.64 Å². The van der Waals surface area contributed by atoms with E-state index in [1.807, 2.05) is 42.5 Å². The Morgan fingerprint density at radius 3 is 2.41 bits per heavy atom. The zero-order chi connectivity index (χ0) is 20.4. The summed E-state index contributed by atoms with van der Waals surface area (Å²) in [6.07, 6.45) is 2.77. The van der Waals surface area contributed by atoms with Gasteiger partial charge in [0.1, 0.15) is 0 Å². The molecule has 0 bridgehead atoms. The Balaban J connectivity index is 1.79. The van der Waals surface area contributed by atoms with Crippen LogP contribution in [0.4, 0.5) is 0 Å². The van der Waals surface area contributed by atoms with Crippen molar-refractivity contribution in [3.63, 3.8) is 0 Å². The minimum absolute atomic E-state index is 0.267. The number of nitrogens with zero attached hydrogens (tertiary/aromatic N) is 2. The third-order valence-electron chi connectivity index (χ3n) is 5.37. The van der Waals surface area contributed by atoms with Crippen LogP contribution in [0.5, 0.6) is 0 Å². The van der Waals surface area contributed by atoms with Gasteiger partial charge >= 0.3 is 5.97 Å². The maximum Gasteiger partial charge on any atom is 0.340 e. The van der Waals surface area contributed by atoms with Gasteiger partial charge in [0.15, 0.2) is 0 Å². The van der Waals surface area contributed by atoms with Crippen molar-refractivity contribution in [2.24, 2.45) is 0 Å². The van der Waals surface area contributed by atoms with Crippen LogP contribution in [0.1, 0.15) is 46.1 Å². The van der Waals surface area contributed by atoms with Crippen LogP contribution in [-0.4, -0.2) is 35.9 Å². The molecule has 1 aliphatic rings. The highest BCUT2D eigenvalue weighted by Gasteiger charge is 2.30. The Labute approximate surface area is 170 Å². The Hall–Kier alpha value is -3.21. The van der Waals surface area contributed by atoms with Gasteiger partial charge in [0.05, 0.1) is 11.1 Å². The van der Waals surface area contributed by atoms with Gasteiger partial charge in [-0.25, -0.2) is 4.79 Å². The van der Waals surface area contributed by atoms with Crippen molar-refractivity contribution in [1.29, 1.82) is 0 Å². The molecule has 5 heteroatoms. The fourth-order valence-corrected chi connectivity index (χ4v) is 3.90. The molecule has 2 aromatic carbocycles. The largest absolute Gasteiger partial charge is 0.444 e. The molecule has 0 saturated carbocycles. The first kappa shape index (κ1) is 19.1. The minimum Gasteiger partial charge on any atom is -0.444 e. The van der Waals surface area contributed by atoms with E-state index in [-0.39, 0.29) is 5.91 Å². The lowest BCUT2D eigenvalue weighted by molar-refractivity contribution is -0.138. The Bertz CT molecular complexity index is 1060. The van der Waals surface area contributed by atoms with Crippen molar-refractivity contribution in [3.8, 4) is 0 Å². The van der Waals surface area contributed by atoms with E-state index in [1.54, 1.807) is 26.2 Å². The molecule has 3 aromatic rings. The minimum atomic E-state index is -0.982. The fourth-order valence-electron chi connectivity index (χ4n) is 3.90. The first-order chi connectivity index (χ1) is 14.1. The van der Waals surface area contributed by atoms with Gasteiger partial charge in [-0.2, -0.15) is 0 Å². The molecule has 1 aliphatic carbocycles. The van der Waals surface area contributed by atoms with Crippen molar-refractivity contribution in [1.82, 2.24) is 9.88 Å². The standard InChI is InChI=1S/C24H24N2O3/c1-26(2)23(27)22(16-10-4-3-5-11-16)29-24(28)21-17-12-6-8-14-19(17)25-20-15-9-7-13-18(20)21/h3-6,8,10-12,14,22H,7,9,13,15H2,1-2H3/t22-/m0/s1. The number of hydrogen-bond donors (Lipinski definition) is 0. The molecule has 4 rings (SSSR count). The maximum atomic E-state index is 13.4. The number of likely N-dealkylation sites (N-methyl/N-ethyl adjacent to an activating group) is 1. The average molecular weight is 388 g/mol. The van der Waals surface area contributed by atoms with Crippen molar-refractivity contribution in [2.45, 2.75) is 31.8 Å². The molecule has 1 aromatic heterocycles. The lowest BCUT2D eigenvalue weighted by Crippen LogP contribution is -2.31. The van der Waals surface area contributed by atoms with Crippen molar-refractivity contribution >= 4 is 22.8 Å². The molecule has 29 heavy (non-hydrogen) atoms. The highest BCUT2D eigenvalue weighted by atomic mass is 16.5. The molecule has 1 heterocycles. The molecular weight excluding hydrogens is 364 g/mol. The number of ether oxygens (including phenoxy) is 1. The van der Waals surface area contributed by atoms with E-state index in [9.17, 15) is 9.59 Å². The smallest absolute Gasteiger partial charge is 0.340 e. The summed E-state index contributed by atoms with van der Waals surface area (Å²) in [5.41, 5.74) is 3.93. The number of fused-ring (bicyclic) bond motifs is 2. The quantitative estimate of drug-likeness (QED) is 0.632. The second-order valence-electron chi connectivity index (χ2n) is 7.57. The van der Waals surface area contributed by atoms with Gasteiger partial charge in [0, 0.05) is 30.7 Å². The second-order valence-corrected chi connectivity index (χ2v) is 7.57. The molecule has 5 nitrogen and oxygen atoms in total. The van der Waals surface area contributed by atoms with E-state index in [0.29, 0.717) is 11.1 Å². The third-order valence-corrected chi connectivity index (χ3v) is 5.37. The number of amides is 1. The molecule has 0 spiro atoms. The molecule has 0 aliphatic heterocycles. The number of hydrogen-bond acceptors (Lipinski definition) is 4. The van der Waals surface area contributed by atoms with Crippen LogP contribution in [0.15, 0.2) is 54.6 Å². The number of para-hydroxylation sites is 1. The molecule has 0 fully saturated rings. The van der Waals surface area contributed by atoms with Gasteiger partial charge in [-0.05, 0) is 37.3 Å². The monoisotopic (exact) mass is 388 g/mol. The number of carbonyl (C=O) groups excluding carboxylic acids is 2. The van der Waals surface area contributed by atoms with Gasteiger partial charge in [-0.3, -0.25) is 9.78 Å². The molecule has 0 unspecified atom stereocenters. The number of esters is 1. The second kappa shape index (κ2) is 8.03. The third kappa shape index (κ3) is 3.73. The summed E-state index contributed by atoms with van der Waals surface area (Å²) < 4.78 is 5.86. The predicted molar refractivity (Wildman–Crippen MR) is 112 cm³/mol. The first-order valence-electron chi connectivity index (χ1n) is 9.94. The lowest BCUT2D eigenvalue weighted by Gasteiger charge is -2.24. The Morgan fingerprint density at radius 1 is 0.966 bits per heavy atom. The van der Waals surface area contributed by atoms with Gasteiger partial charge in [0.2, 0.25) is 6.10 Å². The highest BCUT2D eigenvalue weighted by Crippen LogP contribution is 2.31. The molecular formula is C24H24N2O3. The van der Waals surface area contributed by atoms with Crippen LogP contribution in [0.3, 0.4) is 0 Å². The SMILES string of the molecule is CN(C)C(=O)[C@@H](OC(=O)c1c2c(nc3ccccc13)CCCC2)c1ccccc1. The van der Waals surface area contributed by atoms with E-state index < -0.39 is 12.1 Å². The van der Waals surface area contributed by atoms with E-state index >= 15 is 0 Å². The average Bonchev–Trinajstić information content (AvgIpc) is 2.75. The van der Waals surface area contributed by atoms with E-state index in [0.717, 1.165) is 47.8 Å². The van der Waals surface area contributed by atoms with Crippen LogP contribution >= 0.6 is 0 Å². The molecule has 0 saturated heterocycles. The number of aromatic nitrogens is 1. The van der Waals surface area contributed by atoms with Crippen molar-refractivity contribution < 1.29 is 14.3 Å². The van der Waals surface area contributed by atoms with Gasteiger partial charge in [0.25, 0.3) is 5.91 Å². The number of aryl methyl sites for hydroxylation is 1. The van der Waals surface area contributed by atoms with Gasteiger partial charge in [-0.15, -0.1) is 0 Å². The van der Waals surface area contributed by atoms with Crippen molar-refractivity contribution in [3.05, 3.63) is 77.0 Å². The summed E-state index contributed by atoms with van der Waals surface area (Å²) in [5.74, 6) is -0.734. The maximum absolute atomic E-state index is 13.4. The van der Waals surface area contributed by atoms with E-state index in [4.69, 9.17) is 9.72 Å². The van der Waals surface area contributed by atoms with Crippen LogP contribution < -0.4 is 0 Å². The molecule has 1 atom stereocenters. The summed E-state index contributed by atoms with van der Waals surface area (Å²) >= 11 is 0. The van der Waals surface area contributed by atoms with E-state index in [1.165, 1.54) is 4.90 Å². The summed E-state index contributed by atoms with van der Waals surface area (Å²) in [5, 5.41) is 0.780. The topological polar surface area (TPSA) is 59.5 Å². The zero-order valence-electron chi connectivity index (χ0n) is 16.7. The summed E-state index contributed by atoms with van der Waals surface area (Å²) in [6.45, 7) is 0. The Morgan fingerprint density at radius 2 is 1.66 bits per heavy atom. The Kier molecular flexibility index (Phi) is 5.30. The molecule has 1 amide bonds. The summed E-state index contributed by atoms with van der Waals surface area (Å²) in [7, 11) is 3.33. The summed E-state index contributed by atoms with van der Waals surface area (Å²) in [4.78, 5) is 32.4. The van der Waals surface area contributed by atoms with Crippen LogP contribution in [0.2, 0.25) is 0 Å². The normalized spacial score (nSPS) is 14.1. The first-order valence-corrected chi connectivity index (χ1v) is 9.94. The van der Waals surface area contributed by atoms with Crippen LogP contribution in [-0.2, 0) is 22.4 Å². The zero-order valence-corrected chi connectivity index (χ0v) is 16.7.